The lowest BCUT2D eigenvalue weighted by Crippen LogP contribution is -2.27. The van der Waals surface area contributed by atoms with Crippen LogP contribution in [0.1, 0.15) is 33.9 Å². The van der Waals surface area contributed by atoms with E-state index in [2.05, 4.69) is 10.3 Å². The fraction of sp³-hybridized carbons (Fsp3) is 0.250. The molecule has 3 nitrogen and oxygen atoms in total. The summed E-state index contributed by atoms with van der Waals surface area (Å²) in [7, 11) is 0. The lowest BCUT2D eigenvalue weighted by atomic mass is 10.1. The number of benzene rings is 1. The van der Waals surface area contributed by atoms with Gasteiger partial charge >= 0.3 is 0 Å². The van der Waals surface area contributed by atoms with Crippen molar-refractivity contribution in [2.75, 3.05) is 6.26 Å². The Balaban J connectivity index is 1.76. The second-order valence-corrected chi connectivity index (χ2v) is 6.20. The third kappa shape index (κ3) is 2.92. The Labute approximate surface area is 133 Å². The molecule has 1 aromatic heterocycles. The first-order valence-electron chi connectivity index (χ1n) is 6.77. The molecule has 0 bridgehead atoms. The monoisotopic (exact) mass is 318 g/mol. The minimum absolute atomic E-state index is 0.0337. The van der Waals surface area contributed by atoms with E-state index in [0.717, 1.165) is 34.0 Å². The van der Waals surface area contributed by atoms with E-state index in [9.17, 15) is 4.79 Å². The van der Waals surface area contributed by atoms with Gasteiger partial charge in [-0.2, -0.15) is 0 Å². The van der Waals surface area contributed by atoms with Crippen LogP contribution in [-0.4, -0.2) is 17.1 Å². The van der Waals surface area contributed by atoms with Gasteiger partial charge in [-0.1, -0.05) is 23.7 Å². The van der Waals surface area contributed by atoms with Gasteiger partial charge in [-0.25, -0.2) is 4.98 Å². The van der Waals surface area contributed by atoms with Gasteiger partial charge in [-0.15, -0.1) is 11.8 Å². The molecule has 1 amide bonds. The van der Waals surface area contributed by atoms with Gasteiger partial charge in [0.1, 0.15) is 0 Å². The first-order valence-corrected chi connectivity index (χ1v) is 8.37. The largest absolute Gasteiger partial charge is 0.345 e. The molecule has 1 heterocycles. The first kappa shape index (κ1) is 14.4. The number of pyridine rings is 1. The molecule has 2 aromatic rings. The number of rotatable bonds is 3. The van der Waals surface area contributed by atoms with E-state index in [1.807, 2.05) is 36.6 Å². The maximum Gasteiger partial charge on any atom is 0.253 e. The molecule has 21 heavy (non-hydrogen) atoms. The summed E-state index contributed by atoms with van der Waals surface area (Å²) in [6.07, 6.45) is 5.38. The van der Waals surface area contributed by atoms with E-state index in [0.29, 0.717) is 5.56 Å². The van der Waals surface area contributed by atoms with Gasteiger partial charge < -0.3 is 5.32 Å². The Morgan fingerprint density at radius 1 is 1.38 bits per heavy atom. The first-order chi connectivity index (χ1) is 10.2. The minimum atomic E-state index is -0.0898. The van der Waals surface area contributed by atoms with Crippen LogP contribution in [-0.2, 0) is 6.42 Å². The zero-order chi connectivity index (χ0) is 14.8. The fourth-order valence-electron chi connectivity index (χ4n) is 2.64. The molecule has 5 heteroatoms. The predicted molar refractivity (Wildman–Crippen MR) is 86.0 cm³/mol. The molecular weight excluding hydrogens is 304 g/mol. The van der Waals surface area contributed by atoms with Crippen molar-refractivity contribution in [3.05, 3.63) is 58.2 Å². The van der Waals surface area contributed by atoms with Gasteiger partial charge in [0.2, 0.25) is 0 Å². The van der Waals surface area contributed by atoms with Gasteiger partial charge in [0.25, 0.3) is 5.91 Å². The third-order valence-corrected chi connectivity index (χ3v) is 4.74. The molecular formula is C16H15ClN2OS. The number of carbonyl (C=O) groups excluding carboxylic acids is 1. The Morgan fingerprint density at radius 2 is 2.24 bits per heavy atom. The number of nitrogens with zero attached hydrogens (tertiary/aromatic N) is 1. The molecule has 1 aliphatic carbocycles. The molecule has 1 unspecified atom stereocenters. The SMILES string of the molecule is CSc1ccc(C(=O)NC2CCc3c(Cl)cccc32)cn1. The average molecular weight is 319 g/mol. The third-order valence-electron chi connectivity index (χ3n) is 3.73. The Hall–Kier alpha value is -1.52. The van der Waals surface area contributed by atoms with Crippen LogP contribution in [0.15, 0.2) is 41.6 Å². The second kappa shape index (κ2) is 6.08. The number of carbonyl (C=O) groups is 1. The highest BCUT2D eigenvalue weighted by Crippen LogP contribution is 2.35. The van der Waals surface area contributed by atoms with Crippen LogP contribution in [0.2, 0.25) is 5.02 Å². The van der Waals surface area contributed by atoms with E-state index in [1.165, 1.54) is 0 Å². The van der Waals surface area contributed by atoms with E-state index < -0.39 is 0 Å². The quantitative estimate of drug-likeness (QED) is 0.873. The molecule has 108 valence electrons. The van der Waals surface area contributed by atoms with Crippen molar-refractivity contribution < 1.29 is 4.79 Å². The second-order valence-electron chi connectivity index (χ2n) is 4.96. The maximum absolute atomic E-state index is 12.3. The van der Waals surface area contributed by atoms with Crippen molar-refractivity contribution in [2.45, 2.75) is 23.9 Å². The van der Waals surface area contributed by atoms with Crippen molar-refractivity contribution in [1.82, 2.24) is 10.3 Å². The molecule has 0 radical (unpaired) electrons. The molecule has 3 rings (SSSR count). The number of hydrogen-bond donors (Lipinski definition) is 1. The molecule has 0 fully saturated rings. The lowest BCUT2D eigenvalue weighted by Gasteiger charge is -2.14. The van der Waals surface area contributed by atoms with Crippen LogP contribution in [0, 0.1) is 0 Å². The summed E-state index contributed by atoms with van der Waals surface area (Å²) in [5.41, 5.74) is 2.87. The molecule has 0 saturated heterocycles. The summed E-state index contributed by atoms with van der Waals surface area (Å²) in [6.45, 7) is 0. The minimum Gasteiger partial charge on any atom is -0.345 e. The van der Waals surface area contributed by atoms with Crippen molar-refractivity contribution in [2.24, 2.45) is 0 Å². The number of thioether (sulfide) groups is 1. The molecule has 1 N–H and O–H groups in total. The summed E-state index contributed by atoms with van der Waals surface area (Å²) in [5, 5.41) is 4.77. The van der Waals surface area contributed by atoms with Gasteiger partial charge in [0.15, 0.2) is 0 Å². The van der Waals surface area contributed by atoms with Crippen molar-refractivity contribution in [1.29, 1.82) is 0 Å². The summed E-state index contributed by atoms with van der Waals surface area (Å²) in [6, 6.07) is 9.57. The van der Waals surface area contributed by atoms with Gasteiger partial charge in [-0.3, -0.25) is 4.79 Å². The summed E-state index contributed by atoms with van der Waals surface area (Å²) in [4.78, 5) is 16.5. The topological polar surface area (TPSA) is 42.0 Å². The molecule has 1 atom stereocenters. The number of aromatic nitrogens is 1. The zero-order valence-electron chi connectivity index (χ0n) is 11.6. The van der Waals surface area contributed by atoms with Crippen LogP contribution >= 0.6 is 23.4 Å². The van der Waals surface area contributed by atoms with E-state index >= 15 is 0 Å². The fourth-order valence-corrected chi connectivity index (χ4v) is 3.28. The Kier molecular flexibility index (Phi) is 4.17. The van der Waals surface area contributed by atoms with Crippen LogP contribution in [0.5, 0.6) is 0 Å². The number of amides is 1. The summed E-state index contributed by atoms with van der Waals surface area (Å²) in [5.74, 6) is -0.0898. The Bertz CT molecular complexity index is 672. The zero-order valence-corrected chi connectivity index (χ0v) is 13.2. The smallest absolute Gasteiger partial charge is 0.253 e. The van der Waals surface area contributed by atoms with Crippen LogP contribution < -0.4 is 5.32 Å². The number of fused-ring (bicyclic) bond motifs is 1. The predicted octanol–water partition coefficient (Wildman–Crippen LogP) is 3.87. The van der Waals surface area contributed by atoms with Crippen molar-refractivity contribution in [3.8, 4) is 0 Å². The van der Waals surface area contributed by atoms with Gasteiger partial charge in [-0.05, 0) is 48.4 Å². The van der Waals surface area contributed by atoms with Crippen LogP contribution in [0.3, 0.4) is 0 Å². The highest BCUT2D eigenvalue weighted by molar-refractivity contribution is 7.98. The van der Waals surface area contributed by atoms with Gasteiger partial charge in [0.05, 0.1) is 16.6 Å². The molecule has 1 aromatic carbocycles. The van der Waals surface area contributed by atoms with Crippen LogP contribution in [0.4, 0.5) is 0 Å². The number of halogens is 1. The maximum atomic E-state index is 12.3. The van der Waals surface area contributed by atoms with E-state index in [4.69, 9.17) is 11.6 Å². The molecule has 0 aliphatic heterocycles. The van der Waals surface area contributed by atoms with Crippen molar-refractivity contribution >= 4 is 29.3 Å². The molecule has 1 aliphatic rings. The highest BCUT2D eigenvalue weighted by Gasteiger charge is 2.25. The summed E-state index contributed by atoms with van der Waals surface area (Å²) < 4.78 is 0. The van der Waals surface area contributed by atoms with Crippen molar-refractivity contribution in [3.63, 3.8) is 0 Å². The number of hydrogen-bond acceptors (Lipinski definition) is 3. The Morgan fingerprint density at radius 3 is 2.95 bits per heavy atom. The van der Waals surface area contributed by atoms with Gasteiger partial charge in [0, 0.05) is 11.2 Å². The van der Waals surface area contributed by atoms with E-state index in [-0.39, 0.29) is 11.9 Å². The van der Waals surface area contributed by atoms with Crippen LogP contribution in [0.25, 0.3) is 0 Å². The summed E-state index contributed by atoms with van der Waals surface area (Å²) >= 11 is 7.75. The molecule has 0 saturated carbocycles. The number of nitrogens with one attached hydrogen (secondary N) is 1. The van der Waals surface area contributed by atoms with E-state index in [1.54, 1.807) is 18.0 Å². The average Bonchev–Trinajstić information content (AvgIpc) is 2.92. The highest BCUT2D eigenvalue weighted by atomic mass is 35.5. The normalized spacial score (nSPS) is 16.6. The lowest BCUT2D eigenvalue weighted by molar-refractivity contribution is 0.0936. The molecule has 0 spiro atoms. The standard InChI is InChI=1S/C16H15ClN2OS/c1-21-15-8-5-10(9-18-15)16(20)19-14-7-6-11-12(14)3-2-4-13(11)17/h2-5,8-9,14H,6-7H2,1H3,(H,19,20).